The first-order valence-corrected chi connectivity index (χ1v) is 5.91. The van der Waals surface area contributed by atoms with Crippen molar-refractivity contribution >= 4 is 11.0 Å². The second-order valence-corrected chi connectivity index (χ2v) is 3.95. The van der Waals surface area contributed by atoms with E-state index < -0.39 is 23.5 Å². The van der Waals surface area contributed by atoms with Gasteiger partial charge >= 0.3 is 12.5 Å². The van der Waals surface area contributed by atoms with E-state index in [1.54, 1.807) is 0 Å². The predicted octanol–water partition coefficient (Wildman–Crippen LogP) is 1.07. The second-order valence-electron chi connectivity index (χ2n) is 3.29. The monoisotopic (exact) mass is 294 g/mol. The second kappa shape index (κ2) is 7.41. The van der Waals surface area contributed by atoms with Crippen LogP contribution in [0.3, 0.4) is 0 Å². The van der Waals surface area contributed by atoms with Crippen molar-refractivity contribution < 1.29 is 30.2 Å². The number of alkyl halides is 4. The number of nitrogens with zero attached hydrogens (tertiary/aromatic N) is 2. The summed E-state index contributed by atoms with van der Waals surface area (Å²) in [6.45, 7) is 4.32. The summed E-state index contributed by atoms with van der Waals surface area (Å²) in [7, 11) is -1.72. The number of thiol groups is 1. The molecule has 0 bridgehead atoms. The first kappa shape index (κ1) is 17.0. The molecule has 0 aromatic heterocycles. The standard InChI is InChI=1S/C6H12N2.C2H2F4O3S/c1-3-8-5-4-7(2)6-8;3-1(2(4,5)6)9-10(7)8/h4-5H,3,6H2,1-2H3;1,10H. The van der Waals surface area contributed by atoms with Crippen LogP contribution < -0.4 is 0 Å². The topological polar surface area (TPSA) is 49.9 Å². The third-order valence-electron chi connectivity index (χ3n) is 1.78. The molecule has 1 rings (SSSR count). The van der Waals surface area contributed by atoms with Crippen LogP contribution in [-0.2, 0) is 15.2 Å². The van der Waals surface area contributed by atoms with Crippen LogP contribution in [0.25, 0.3) is 0 Å². The predicted molar refractivity (Wildman–Crippen MR) is 56.5 cm³/mol. The Morgan fingerprint density at radius 3 is 2.11 bits per heavy atom. The maximum absolute atomic E-state index is 11.4. The van der Waals surface area contributed by atoms with Gasteiger partial charge in [-0.05, 0) is 6.92 Å². The van der Waals surface area contributed by atoms with Crippen LogP contribution in [0.4, 0.5) is 17.6 Å². The summed E-state index contributed by atoms with van der Waals surface area (Å²) in [5, 5.41) is 0. The highest BCUT2D eigenvalue weighted by Crippen LogP contribution is 2.23. The molecular formula is C8H14F4N2O3S. The van der Waals surface area contributed by atoms with Crippen molar-refractivity contribution in [1.82, 2.24) is 9.80 Å². The normalized spacial score (nSPS) is 16.8. The lowest BCUT2D eigenvalue weighted by Crippen LogP contribution is -2.26. The first-order valence-electron chi connectivity index (χ1n) is 4.81. The Hall–Kier alpha value is -1.03. The van der Waals surface area contributed by atoms with E-state index in [0.29, 0.717) is 0 Å². The molecule has 0 radical (unpaired) electrons. The Kier molecular flexibility index (Phi) is 6.99. The quantitative estimate of drug-likeness (QED) is 0.623. The Morgan fingerprint density at radius 2 is 1.94 bits per heavy atom. The van der Waals surface area contributed by atoms with E-state index >= 15 is 0 Å². The lowest BCUT2D eigenvalue weighted by atomic mass is 10.6. The van der Waals surface area contributed by atoms with E-state index in [-0.39, 0.29) is 0 Å². The summed E-state index contributed by atoms with van der Waals surface area (Å²) in [4.78, 5) is 4.41. The lowest BCUT2D eigenvalue weighted by molar-refractivity contribution is -0.234. The molecule has 5 nitrogen and oxygen atoms in total. The van der Waals surface area contributed by atoms with Crippen LogP contribution >= 0.6 is 0 Å². The maximum Gasteiger partial charge on any atom is 0.446 e. The molecule has 1 aliphatic heterocycles. The fourth-order valence-corrected chi connectivity index (χ4v) is 1.20. The van der Waals surface area contributed by atoms with Crippen molar-refractivity contribution in [2.45, 2.75) is 19.5 Å². The minimum Gasteiger partial charge on any atom is -0.362 e. The molecule has 0 amide bonds. The van der Waals surface area contributed by atoms with Gasteiger partial charge in [-0.3, -0.25) is 0 Å². The van der Waals surface area contributed by atoms with E-state index in [1.165, 1.54) is 0 Å². The summed E-state index contributed by atoms with van der Waals surface area (Å²) in [5.41, 5.74) is 0. The summed E-state index contributed by atoms with van der Waals surface area (Å²) in [6, 6.07) is 0. The average Bonchev–Trinajstić information content (AvgIpc) is 2.63. The van der Waals surface area contributed by atoms with Gasteiger partial charge in [0.15, 0.2) is 0 Å². The summed E-state index contributed by atoms with van der Waals surface area (Å²) >= 11 is 0. The zero-order chi connectivity index (χ0) is 14.3. The molecule has 0 saturated carbocycles. The molecule has 18 heavy (non-hydrogen) atoms. The summed E-state index contributed by atoms with van der Waals surface area (Å²) in [5.74, 6) is 0. The van der Waals surface area contributed by atoms with E-state index in [2.05, 4.69) is 40.4 Å². The number of hydrogen-bond donors (Lipinski definition) is 1. The number of rotatable bonds is 3. The Bertz CT molecular complexity index is 338. The molecular weight excluding hydrogens is 280 g/mol. The molecule has 0 aromatic carbocycles. The molecule has 1 heterocycles. The van der Waals surface area contributed by atoms with Crippen LogP contribution in [0.15, 0.2) is 12.4 Å². The zero-order valence-corrected chi connectivity index (χ0v) is 10.6. The van der Waals surface area contributed by atoms with Gasteiger partial charge in [0, 0.05) is 26.0 Å². The van der Waals surface area contributed by atoms with Crippen molar-refractivity contribution in [3.63, 3.8) is 0 Å². The van der Waals surface area contributed by atoms with E-state index in [1.807, 2.05) is 0 Å². The molecule has 0 spiro atoms. The van der Waals surface area contributed by atoms with Gasteiger partial charge in [-0.15, -0.1) is 0 Å². The van der Waals surface area contributed by atoms with E-state index in [4.69, 9.17) is 0 Å². The smallest absolute Gasteiger partial charge is 0.362 e. The Labute approximate surface area is 104 Å². The molecule has 0 N–H and O–H groups in total. The molecule has 1 unspecified atom stereocenters. The highest BCUT2D eigenvalue weighted by atomic mass is 32.2. The Morgan fingerprint density at radius 1 is 1.39 bits per heavy atom. The SMILES string of the molecule is CCN1C=CN(C)C1.O=[SH](=O)OC(F)C(F)(F)F. The van der Waals surface area contributed by atoms with Gasteiger partial charge in [0.25, 0.3) is 11.0 Å². The summed E-state index contributed by atoms with van der Waals surface area (Å²) < 4.78 is 66.0. The number of hydrogen-bond acceptors (Lipinski definition) is 5. The lowest BCUT2D eigenvalue weighted by Gasteiger charge is -2.14. The van der Waals surface area contributed by atoms with Crippen LogP contribution in [0, 0.1) is 0 Å². The van der Waals surface area contributed by atoms with Gasteiger partial charge in [-0.25, -0.2) is 17.0 Å². The van der Waals surface area contributed by atoms with Crippen molar-refractivity contribution in [3.8, 4) is 0 Å². The molecule has 0 fully saturated rings. The highest BCUT2D eigenvalue weighted by molar-refractivity contribution is 7.67. The fraction of sp³-hybridized carbons (Fsp3) is 0.750. The van der Waals surface area contributed by atoms with Gasteiger partial charge in [0.2, 0.25) is 0 Å². The van der Waals surface area contributed by atoms with Gasteiger partial charge in [0.05, 0.1) is 6.67 Å². The van der Waals surface area contributed by atoms with Gasteiger partial charge in [0.1, 0.15) is 0 Å². The average molecular weight is 294 g/mol. The molecule has 108 valence electrons. The maximum atomic E-state index is 11.4. The molecule has 0 saturated heterocycles. The van der Waals surface area contributed by atoms with Crippen LogP contribution in [-0.4, -0.2) is 51.0 Å². The first-order chi connectivity index (χ1) is 8.16. The minimum atomic E-state index is -5.28. The zero-order valence-electron chi connectivity index (χ0n) is 9.72. The number of halogens is 4. The van der Waals surface area contributed by atoms with Crippen LogP contribution in [0.5, 0.6) is 0 Å². The van der Waals surface area contributed by atoms with Crippen molar-refractivity contribution in [2.24, 2.45) is 0 Å². The Balaban J connectivity index is 0.000000327. The van der Waals surface area contributed by atoms with Crippen LogP contribution in [0.1, 0.15) is 6.92 Å². The molecule has 0 aromatic rings. The fourth-order valence-electron chi connectivity index (χ4n) is 0.930. The third-order valence-corrected chi connectivity index (χ3v) is 2.14. The highest BCUT2D eigenvalue weighted by Gasteiger charge is 2.42. The van der Waals surface area contributed by atoms with Crippen molar-refractivity contribution in [1.29, 1.82) is 0 Å². The molecule has 0 aliphatic carbocycles. The van der Waals surface area contributed by atoms with Crippen molar-refractivity contribution in [3.05, 3.63) is 12.4 Å². The molecule has 1 atom stereocenters. The largest absolute Gasteiger partial charge is 0.446 e. The third kappa shape index (κ3) is 7.33. The van der Waals surface area contributed by atoms with Gasteiger partial charge in [-0.2, -0.15) is 13.2 Å². The van der Waals surface area contributed by atoms with Crippen LogP contribution in [0.2, 0.25) is 0 Å². The molecule has 10 heteroatoms. The minimum absolute atomic E-state index is 1.05. The van der Waals surface area contributed by atoms with Crippen molar-refractivity contribution in [2.75, 3.05) is 20.3 Å². The summed E-state index contributed by atoms with van der Waals surface area (Å²) in [6.07, 6.45) is -4.84. The molecule has 1 aliphatic rings. The van der Waals surface area contributed by atoms with E-state index in [9.17, 15) is 26.0 Å². The van der Waals surface area contributed by atoms with Gasteiger partial charge in [-0.1, -0.05) is 0 Å². The van der Waals surface area contributed by atoms with Gasteiger partial charge < -0.3 is 9.80 Å². The van der Waals surface area contributed by atoms with E-state index in [0.717, 1.165) is 13.2 Å².